The van der Waals surface area contributed by atoms with E-state index in [0.717, 1.165) is 30.5 Å². The van der Waals surface area contributed by atoms with Gasteiger partial charge in [0.25, 0.3) is 0 Å². The molecule has 0 bridgehead atoms. The van der Waals surface area contributed by atoms with Crippen molar-refractivity contribution in [1.29, 1.82) is 0 Å². The summed E-state index contributed by atoms with van der Waals surface area (Å²) < 4.78 is 39.9. The fourth-order valence-corrected chi connectivity index (χ4v) is 2.36. The summed E-state index contributed by atoms with van der Waals surface area (Å²) in [5.41, 5.74) is 1.07. The van der Waals surface area contributed by atoms with E-state index in [9.17, 15) is 13.2 Å². The van der Waals surface area contributed by atoms with Crippen molar-refractivity contribution in [1.82, 2.24) is 20.4 Å². The molecule has 0 aliphatic rings. The highest BCUT2D eigenvalue weighted by atomic mass is 127. The third-order valence-corrected chi connectivity index (χ3v) is 3.63. The molecule has 0 unspecified atom stereocenters. The van der Waals surface area contributed by atoms with Crippen LogP contribution < -0.4 is 10.6 Å². The first kappa shape index (κ1) is 22.3. The SMILES string of the molecule is CN=C(NCCCc1cnn(C)c1)NCc1cccc(C(F)(F)F)c1.I. The molecule has 0 aliphatic carbocycles. The highest BCUT2D eigenvalue weighted by Crippen LogP contribution is 2.29. The zero-order valence-electron chi connectivity index (χ0n) is 14.7. The second-order valence-electron chi connectivity index (χ2n) is 5.68. The Morgan fingerprint density at radius 1 is 1.23 bits per heavy atom. The van der Waals surface area contributed by atoms with E-state index in [1.807, 2.05) is 19.4 Å². The topological polar surface area (TPSA) is 54.2 Å². The van der Waals surface area contributed by atoms with E-state index < -0.39 is 11.7 Å². The molecule has 0 saturated heterocycles. The van der Waals surface area contributed by atoms with E-state index in [1.165, 1.54) is 6.07 Å². The van der Waals surface area contributed by atoms with Crippen LogP contribution in [0.15, 0.2) is 41.7 Å². The van der Waals surface area contributed by atoms with E-state index in [4.69, 9.17) is 0 Å². The zero-order chi connectivity index (χ0) is 18.3. The average Bonchev–Trinajstić information content (AvgIpc) is 2.99. The van der Waals surface area contributed by atoms with Crippen molar-refractivity contribution in [3.05, 3.63) is 53.3 Å². The van der Waals surface area contributed by atoms with Gasteiger partial charge in [-0.2, -0.15) is 18.3 Å². The molecule has 5 nitrogen and oxygen atoms in total. The van der Waals surface area contributed by atoms with Crippen molar-refractivity contribution in [3.8, 4) is 0 Å². The van der Waals surface area contributed by atoms with Crippen molar-refractivity contribution < 1.29 is 13.2 Å². The maximum Gasteiger partial charge on any atom is 0.416 e. The predicted octanol–water partition coefficient (Wildman–Crippen LogP) is 3.35. The summed E-state index contributed by atoms with van der Waals surface area (Å²) in [6.07, 6.45) is 1.27. The second kappa shape index (κ2) is 10.4. The summed E-state index contributed by atoms with van der Waals surface area (Å²) in [7, 11) is 3.50. The Hall–Kier alpha value is -1.78. The number of alkyl halides is 3. The van der Waals surface area contributed by atoms with Gasteiger partial charge in [-0.25, -0.2) is 0 Å². The molecule has 1 aromatic carbocycles. The van der Waals surface area contributed by atoms with E-state index in [2.05, 4.69) is 20.7 Å². The number of guanidine groups is 1. The van der Waals surface area contributed by atoms with Gasteiger partial charge in [-0.3, -0.25) is 9.67 Å². The van der Waals surface area contributed by atoms with Gasteiger partial charge in [-0.05, 0) is 36.1 Å². The molecule has 144 valence electrons. The lowest BCUT2D eigenvalue weighted by molar-refractivity contribution is -0.137. The average molecular weight is 481 g/mol. The molecule has 2 N–H and O–H groups in total. The Morgan fingerprint density at radius 2 is 2.00 bits per heavy atom. The van der Waals surface area contributed by atoms with Gasteiger partial charge in [-0.1, -0.05) is 12.1 Å². The van der Waals surface area contributed by atoms with Crippen LogP contribution in [0.4, 0.5) is 13.2 Å². The van der Waals surface area contributed by atoms with Crippen LogP contribution in [0.2, 0.25) is 0 Å². The fraction of sp³-hybridized carbons (Fsp3) is 0.412. The molecule has 0 aliphatic heterocycles. The number of benzene rings is 1. The van der Waals surface area contributed by atoms with Gasteiger partial charge in [0.05, 0.1) is 11.8 Å². The minimum absolute atomic E-state index is 0. The Bertz CT molecular complexity index is 712. The molecule has 1 aromatic heterocycles. The maximum atomic E-state index is 12.7. The number of hydrogen-bond acceptors (Lipinski definition) is 2. The molecule has 0 spiro atoms. The first-order chi connectivity index (χ1) is 11.9. The number of aryl methyl sites for hydroxylation is 2. The largest absolute Gasteiger partial charge is 0.416 e. The number of aliphatic imine (C=N–C) groups is 1. The summed E-state index contributed by atoms with van der Waals surface area (Å²) in [5.74, 6) is 0.559. The minimum atomic E-state index is -4.33. The molecule has 0 fully saturated rings. The van der Waals surface area contributed by atoms with Crippen LogP contribution in [0.3, 0.4) is 0 Å². The molecular formula is C17H23F3IN5. The molecule has 2 rings (SSSR count). The van der Waals surface area contributed by atoms with Crippen molar-refractivity contribution in [2.75, 3.05) is 13.6 Å². The van der Waals surface area contributed by atoms with Gasteiger partial charge in [0, 0.05) is 33.4 Å². The third-order valence-electron chi connectivity index (χ3n) is 3.63. The fourth-order valence-electron chi connectivity index (χ4n) is 2.36. The lowest BCUT2D eigenvalue weighted by Crippen LogP contribution is -2.37. The molecule has 0 atom stereocenters. The standard InChI is InChI=1S/C17H22F3N5.HI/c1-21-16(22-8-4-6-14-11-24-25(2)12-14)23-10-13-5-3-7-15(9-13)17(18,19)20;/h3,5,7,9,11-12H,4,6,8,10H2,1-2H3,(H2,21,22,23);1H. The van der Waals surface area contributed by atoms with Crippen molar-refractivity contribution in [3.63, 3.8) is 0 Å². The molecule has 0 saturated carbocycles. The van der Waals surface area contributed by atoms with Gasteiger partial charge < -0.3 is 10.6 Å². The quantitative estimate of drug-likeness (QED) is 0.288. The normalized spacial score (nSPS) is 11.8. The highest BCUT2D eigenvalue weighted by molar-refractivity contribution is 14.0. The van der Waals surface area contributed by atoms with E-state index in [-0.39, 0.29) is 30.5 Å². The molecule has 0 amide bonds. The molecule has 2 aromatic rings. The molecule has 0 radical (unpaired) electrons. The zero-order valence-corrected chi connectivity index (χ0v) is 17.0. The van der Waals surface area contributed by atoms with Crippen LogP contribution >= 0.6 is 24.0 Å². The van der Waals surface area contributed by atoms with Crippen molar-refractivity contribution >= 4 is 29.9 Å². The molecule has 9 heteroatoms. The van der Waals surface area contributed by atoms with Crippen LogP contribution in [-0.2, 0) is 26.2 Å². The van der Waals surface area contributed by atoms with E-state index >= 15 is 0 Å². The molecular weight excluding hydrogens is 458 g/mol. The van der Waals surface area contributed by atoms with Gasteiger partial charge in [-0.15, -0.1) is 24.0 Å². The predicted molar refractivity (Wildman–Crippen MR) is 107 cm³/mol. The van der Waals surface area contributed by atoms with E-state index in [1.54, 1.807) is 17.8 Å². The van der Waals surface area contributed by atoms with Crippen LogP contribution in [-0.4, -0.2) is 29.3 Å². The number of aromatic nitrogens is 2. The summed E-state index contributed by atoms with van der Waals surface area (Å²) in [6.45, 7) is 0.976. The lowest BCUT2D eigenvalue weighted by Gasteiger charge is -2.13. The van der Waals surface area contributed by atoms with Gasteiger partial charge in [0.15, 0.2) is 5.96 Å². The summed E-state index contributed by atoms with van der Waals surface area (Å²) in [6, 6.07) is 5.26. The number of nitrogens with zero attached hydrogens (tertiary/aromatic N) is 3. The first-order valence-electron chi connectivity index (χ1n) is 7.96. The van der Waals surface area contributed by atoms with E-state index in [0.29, 0.717) is 18.1 Å². The number of rotatable bonds is 6. The summed E-state index contributed by atoms with van der Waals surface area (Å²) >= 11 is 0. The summed E-state index contributed by atoms with van der Waals surface area (Å²) in [4.78, 5) is 4.08. The Morgan fingerprint density at radius 3 is 2.62 bits per heavy atom. The number of halogens is 4. The van der Waals surface area contributed by atoms with Crippen molar-refractivity contribution in [2.24, 2.45) is 12.0 Å². The highest BCUT2D eigenvalue weighted by Gasteiger charge is 2.30. The third kappa shape index (κ3) is 7.22. The lowest BCUT2D eigenvalue weighted by atomic mass is 10.1. The van der Waals surface area contributed by atoms with Crippen LogP contribution in [0, 0.1) is 0 Å². The Balaban J connectivity index is 0.00000338. The first-order valence-corrected chi connectivity index (χ1v) is 7.96. The Labute approximate surface area is 168 Å². The van der Waals surface area contributed by atoms with Gasteiger partial charge >= 0.3 is 6.18 Å². The summed E-state index contributed by atoms with van der Waals surface area (Å²) in [5, 5.41) is 10.3. The minimum Gasteiger partial charge on any atom is -0.356 e. The van der Waals surface area contributed by atoms with Gasteiger partial charge in [0.2, 0.25) is 0 Å². The Kier molecular flexibility index (Phi) is 8.89. The maximum absolute atomic E-state index is 12.7. The monoisotopic (exact) mass is 481 g/mol. The molecule has 26 heavy (non-hydrogen) atoms. The second-order valence-corrected chi connectivity index (χ2v) is 5.68. The van der Waals surface area contributed by atoms with Gasteiger partial charge in [0.1, 0.15) is 0 Å². The van der Waals surface area contributed by atoms with Crippen LogP contribution in [0.1, 0.15) is 23.1 Å². The molecule has 1 heterocycles. The van der Waals surface area contributed by atoms with Crippen molar-refractivity contribution in [2.45, 2.75) is 25.6 Å². The van der Waals surface area contributed by atoms with Crippen LogP contribution in [0.25, 0.3) is 0 Å². The van der Waals surface area contributed by atoms with Crippen LogP contribution in [0.5, 0.6) is 0 Å². The number of nitrogens with one attached hydrogen (secondary N) is 2. The number of hydrogen-bond donors (Lipinski definition) is 2. The smallest absolute Gasteiger partial charge is 0.356 e.